The molecular weight excluding hydrogens is 326 g/mol. The molecule has 0 amide bonds. The third-order valence-electron chi connectivity index (χ3n) is 3.02. The first-order chi connectivity index (χ1) is 9.12. The van der Waals surface area contributed by atoms with Crippen molar-refractivity contribution in [1.29, 1.82) is 0 Å². The molecule has 114 valence electrons. The fourth-order valence-electron chi connectivity index (χ4n) is 2.00. The Hall–Kier alpha value is -0.750. The van der Waals surface area contributed by atoms with Gasteiger partial charge in [0.1, 0.15) is 0 Å². The van der Waals surface area contributed by atoms with Crippen LogP contribution < -0.4 is 4.87 Å². The van der Waals surface area contributed by atoms with E-state index in [9.17, 15) is 21.6 Å². The third-order valence-corrected chi connectivity index (χ3v) is 7.81. The highest BCUT2D eigenvalue weighted by atomic mass is 32.2. The molecule has 0 unspecified atom stereocenters. The van der Waals surface area contributed by atoms with Crippen molar-refractivity contribution in [3.8, 4) is 0 Å². The highest BCUT2D eigenvalue weighted by Gasteiger charge is 2.33. The number of aromatic nitrogens is 1. The van der Waals surface area contributed by atoms with E-state index in [1.54, 1.807) is 0 Å². The van der Waals surface area contributed by atoms with Gasteiger partial charge < -0.3 is 4.98 Å². The molecule has 0 atom stereocenters. The minimum absolute atomic E-state index is 0.00435. The molecule has 11 heteroatoms. The maximum absolute atomic E-state index is 12.4. The standard InChI is InChI=1S/C9H15N3O5S3/c1-7-8(18-9(13)10-7)20(16,17)12-5-3-11(4-6-12)19(2,14)15/h3-6H2,1-2H3,(H,10,13). The van der Waals surface area contributed by atoms with Crippen LogP contribution in [0.4, 0.5) is 0 Å². The number of aromatic amines is 1. The monoisotopic (exact) mass is 341 g/mol. The molecule has 1 fully saturated rings. The Labute approximate surface area is 121 Å². The summed E-state index contributed by atoms with van der Waals surface area (Å²) < 4.78 is 50.0. The van der Waals surface area contributed by atoms with E-state index >= 15 is 0 Å². The average Bonchev–Trinajstić information content (AvgIpc) is 2.68. The summed E-state index contributed by atoms with van der Waals surface area (Å²) in [6, 6.07) is 0. The van der Waals surface area contributed by atoms with Crippen molar-refractivity contribution in [2.75, 3.05) is 32.4 Å². The van der Waals surface area contributed by atoms with Gasteiger partial charge in [-0.2, -0.15) is 8.61 Å². The lowest BCUT2D eigenvalue weighted by atomic mass is 10.4. The van der Waals surface area contributed by atoms with Crippen LogP contribution in [0.2, 0.25) is 0 Å². The molecule has 1 aliphatic rings. The van der Waals surface area contributed by atoms with Crippen molar-refractivity contribution < 1.29 is 16.8 Å². The van der Waals surface area contributed by atoms with Crippen LogP contribution in [0.1, 0.15) is 5.69 Å². The number of hydrogen-bond acceptors (Lipinski definition) is 6. The lowest BCUT2D eigenvalue weighted by Gasteiger charge is -2.32. The van der Waals surface area contributed by atoms with E-state index in [2.05, 4.69) is 4.98 Å². The zero-order valence-corrected chi connectivity index (χ0v) is 13.4. The molecule has 0 aromatic carbocycles. The normalized spacial score (nSPS) is 19.3. The number of rotatable bonds is 3. The van der Waals surface area contributed by atoms with Crippen molar-refractivity contribution in [1.82, 2.24) is 13.6 Å². The number of hydrogen-bond donors (Lipinski definition) is 1. The van der Waals surface area contributed by atoms with Crippen molar-refractivity contribution >= 4 is 31.4 Å². The van der Waals surface area contributed by atoms with Crippen LogP contribution in [0, 0.1) is 6.92 Å². The molecule has 0 spiro atoms. The van der Waals surface area contributed by atoms with Crippen molar-refractivity contribution in [2.45, 2.75) is 11.1 Å². The summed E-state index contributed by atoms with van der Waals surface area (Å²) in [4.78, 5) is 13.2. The molecule has 20 heavy (non-hydrogen) atoms. The summed E-state index contributed by atoms with van der Waals surface area (Å²) in [5.74, 6) is 0. The van der Waals surface area contributed by atoms with Crippen LogP contribution in [0.3, 0.4) is 0 Å². The predicted molar refractivity (Wildman–Crippen MR) is 74.9 cm³/mol. The van der Waals surface area contributed by atoms with E-state index in [0.717, 1.165) is 6.26 Å². The predicted octanol–water partition coefficient (Wildman–Crippen LogP) is -0.989. The van der Waals surface area contributed by atoms with Crippen molar-refractivity contribution in [3.63, 3.8) is 0 Å². The first-order valence-corrected chi connectivity index (χ1v) is 9.88. The second kappa shape index (κ2) is 5.22. The van der Waals surface area contributed by atoms with Crippen molar-refractivity contribution in [3.05, 3.63) is 15.4 Å². The van der Waals surface area contributed by atoms with Gasteiger partial charge in [-0.3, -0.25) is 4.79 Å². The molecule has 0 saturated carbocycles. The molecule has 1 N–H and O–H groups in total. The Balaban J connectivity index is 2.22. The minimum Gasteiger partial charge on any atom is -0.315 e. The summed E-state index contributed by atoms with van der Waals surface area (Å²) in [5.41, 5.74) is 0.311. The summed E-state index contributed by atoms with van der Waals surface area (Å²) in [6.45, 7) is 1.94. The van der Waals surface area contributed by atoms with Gasteiger partial charge >= 0.3 is 4.87 Å². The van der Waals surface area contributed by atoms with E-state index in [0.29, 0.717) is 17.0 Å². The highest BCUT2D eigenvalue weighted by molar-refractivity contribution is 7.91. The summed E-state index contributed by atoms with van der Waals surface area (Å²) in [5, 5.41) is 0. The van der Waals surface area contributed by atoms with Gasteiger partial charge in [0, 0.05) is 31.9 Å². The van der Waals surface area contributed by atoms with Gasteiger partial charge in [0.2, 0.25) is 10.0 Å². The van der Waals surface area contributed by atoms with Crippen LogP contribution in [0.5, 0.6) is 0 Å². The van der Waals surface area contributed by atoms with Crippen LogP contribution in [0.25, 0.3) is 0 Å². The average molecular weight is 341 g/mol. The highest BCUT2D eigenvalue weighted by Crippen LogP contribution is 2.22. The maximum Gasteiger partial charge on any atom is 0.305 e. The number of nitrogens with zero attached hydrogens (tertiary/aromatic N) is 2. The lowest BCUT2D eigenvalue weighted by Crippen LogP contribution is -2.50. The van der Waals surface area contributed by atoms with Crippen LogP contribution in [-0.2, 0) is 20.0 Å². The van der Waals surface area contributed by atoms with Crippen LogP contribution >= 0.6 is 11.3 Å². The van der Waals surface area contributed by atoms with E-state index in [1.165, 1.54) is 15.5 Å². The van der Waals surface area contributed by atoms with Gasteiger partial charge in [-0.15, -0.1) is 0 Å². The Kier molecular flexibility index (Phi) is 4.08. The zero-order valence-electron chi connectivity index (χ0n) is 11.0. The molecule has 1 aliphatic heterocycles. The Morgan fingerprint density at radius 3 is 1.95 bits per heavy atom. The number of aryl methyl sites for hydroxylation is 1. The Morgan fingerprint density at radius 1 is 1.05 bits per heavy atom. The third kappa shape index (κ3) is 2.96. The van der Waals surface area contributed by atoms with Gasteiger partial charge in [0.05, 0.1) is 6.26 Å². The largest absolute Gasteiger partial charge is 0.315 e. The van der Waals surface area contributed by atoms with Crippen molar-refractivity contribution in [2.24, 2.45) is 0 Å². The number of nitrogens with one attached hydrogen (secondary N) is 1. The Morgan fingerprint density at radius 2 is 1.55 bits per heavy atom. The molecule has 0 aliphatic carbocycles. The topological polar surface area (TPSA) is 108 Å². The van der Waals surface area contributed by atoms with E-state index in [1.807, 2.05) is 0 Å². The molecular formula is C9H15N3O5S3. The van der Waals surface area contributed by atoms with Gasteiger partial charge in [0.15, 0.2) is 4.21 Å². The summed E-state index contributed by atoms with van der Waals surface area (Å²) >= 11 is 0.649. The van der Waals surface area contributed by atoms with Gasteiger partial charge in [-0.25, -0.2) is 16.8 Å². The van der Waals surface area contributed by atoms with Gasteiger partial charge in [0.25, 0.3) is 10.0 Å². The minimum atomic E-state index is -3.74. The van der Waals surface area contributed by atoms with E-state index < -0.39 is 24.9 Å². The number of thiazole rings is 1. The summed E-state index contributed by atoms with van der Waals surface area (Å²) in [6.07, 6.45) is 1.10. The molecule has 1 aromatic rings. The number of piperazine rings is 1. The molecule has 8 nitrogen and oxygen atoms in total. The van der Waals surface area contributed by atoms with Gasteiger partial charge in [-0.1, -0.05) is 11.3 Å². The Bertz CT molecular complexity index is 753. The van der Waals surface area contributed by atoms with E-state index in [-0.39, 0.29) is 30.4 Å². The lowest BCUT2D eigenvalue weighted by molar-refractivity contribution is 0.274. The molecule has 0 bridgehead atoms. The summed E-state index contributed by atoms with van der Waals surface area (Å²) in [7, 11) is -7.05. The van der Waals surface area contributed by atoms with E-state index in [4.69, 9.17) is 0 Å². The van der Waals surface area contributed by atoms with Crippen LogP contribution in [0.15, 0.2) is 9.00 Å². The first-order valence-electron chi connectivity index (χ1n) is 5.77. The number of sulfonamides is 2. The quantitative estimate of drug-likeness (QED) is 0.759. The smallest absolute Gasteiger partial charge is 0.305 e. The first kappa shape index (κ1) is 15.6. The number of H-pyrrole nitrogens is 1. The fourth-order valence-corrected chi connectivity index (χ4v) is 5.68. The second-order valence-corrected chi connectivity index (χ2v) is 9.59. The molecule has 2 heterocycles. The molecule has 1 aromatic heterocycles. The van der Waals surface area contributed by atoms with Gasteiger partial charge in [-0.05, 0) is 6.92 Å². The maximum atomic E-state index is 12.4. The zero-order chi connectivity index (χ0) is 15.1. The molecule has 2 rings (SSSR count). The molecule has 0 radical (unpaired) electrons. The molecule has 1 saturated heterocycles. The van der Waals surface area contributed by atoms with Crippen LogP contribution in [-0.4, -0.2) is 62.9 Å². The second-order valence-electron chi connectivity index (χ2n) is 4.49. The fraction of sp³-hybridized carbons (Fsp3) is 0.667. The SMILES string of the molecule is Cc1[nH]c(=O)sc1S(=O)(=O)N1CCN(S(C)(=O)=O)CC1.